The van der Waals surface area contributed by atoms with Crippen molar-refractivity contribution in [2.24, 2.45) is 0 Å². The highest BCUT2D eigenvalue weighted by atomic mass is 19.1. The fraction of sp³-hybridized carbons (Fsp3) is 0.486. The molecule has 1 aromatic heterocycles. The van der Waals surface area contributed by atoms with Gasteiger partial charge in [-0.3, -0.25) is 4.90 Å². The Kier molecular flexibility index (Phi) is 7.24. The molecule has 4 atom stereocenters. The van der Waals surface area contributed by atoms with Gasteiger partial charge in [-0.2, -0.15) is 9.97 Å². The van der Waals surface area contributed by atoms with Crippen molar-refractivity contribution < 1.29 is 27.4 Å². The van der Waals surface area contributed by atoms with Gasteiger partial charge in [-0.1, -0.05) is 13.0 Å². The van der Waals surface area contributed by atoms with Gasteiger partial charge >= 0.3 is 6.01 Å². The van der Waals surface area contributed by atoms with Crippen LogP contribution in [0.15, 0.2) is 30.3 Å². The number of aromatic hydroxyl groups is 1. The molecule has 0 radical (unpaired) electrons. The summed E-state index contributed by atoms with van der Waals surface area (Å²) in [5.74, 6) is -2.11. The van der Waals surface area contributed by atoms with Crippen molar-refractivity contribution in [2.75, 3.05) is 37.7 Å². The first-order valence-corrected chi connectivity index (χ1v) is 16.4. The van der Waals surface area contributed by atoms with Crippen LogP contribution in [0, 0.1) is 17.5 Å². The van der Waals surface area contributed by atoms with Gasteiger partial charge in [-0.15, -0.1) is 0 Å². The van der Waals surface area contributed by atoms with Crippen LogP contribution in [0.2, 0.25) is 0 Å². The number of aryl methyl sites for hydroxylation is 1. The Balaban J connectivity index is 1.29. The van der Waals surface area contributed by atoms with Gasteiger partial charge in [0.2, 0.25) is 0 Å². The minimum Gasteiger partial charge on any atom is -0.508 e. The molecule has 0 aliphatic carbocycles. The minimum absolute atomic E-state index is 0.0441. The minimum atomic E-state index is -0.943. The van der Waals surface area contributed by atoms with Crippen molar-refractivity contribution in [3.05, 3.63) is 53.3 Å². The van der Waals surface area contributed by atoms with E-state index in [1.54, 1.807) is 6.92 Å². The number of aromatic nitrogens is 2. The van der Waals surface area contributed by atoms with Crippen molar-refractivity contribution in [3.8, 4) is 22.9 Å². The molecule has 5 heterocycles. The molecular weight excluding hydrogens is 598 g/mol. The summed E-state index contributed by atoms with van der Waals surface area (Å²) in [5, 5.41) is 15.2. The van der Waals surface area contributed by atoms with Gasteiger partial charge in [-0.25, -0.2) is 17.6 Å². The highest BCUT2D eigenvalue weighted by Crippen LogP contribution is 2.43. The van der Waals surface area contributed by atoms with Gasteiger partial charge in [0, 0.05) is 43.5 Å². The van der Waals surface area contributed by atoms with Crippen molar-refractivity contribution in [3.63, 3.8) is 0 Å². The summed E-state index contributed by atoms with van der Waals surface area (Å²) in [7, 11) is 0. The monoisotopic (exact) mass is 635 g/mol. The Morgan fingerprint density at radius 3 is 2.72 bits per heavy atom. The fourth-order valence-electron chi connectivity index (χ4n) is 8.54. The average molecular weight is 636 g/mol. The van der Waals surface area contributed by atoms with Crippen molar-refractivity contribution in [1.29, 1.82) is 0 Å². The second-order valence-corrected chi connectivity index (χ2v) is 13.5. The van der Waals surface area contributed by atoms with E-state index >= 15 is 8.78 Å². The summed E-state index contributed by atoms with van der Waals surface area (Å²) in [5.41, 5.74) is -0.647. The second-order valence-electron chi connectivity index (χ2n) is 13.5. The first-order valence-electron chi connectivity index (χ1n) is 16.4. The third-order valence-corrected chi connectivity index (χ3v) is 10.7. The number of anilines is 1. The lowest BCUT2D eigenvalue weighted by Gasteiger charge is -2.31. The molecule has 8 rings (SSSR count). The molecule has 2 N–H and O–H groups in total. The van der Waals surface area contributed by atoms with E-state index in [9.17, 15) is 13.9 Å². The number of hydrogen-bond acceptors (Lipinski definition) is 7. The van der Waals surface area contributed by atoms with E-state index in [0.717, 1.165) is 38.6 Å². The quantitative estimate of drug-likeness (QED) is 0.237. The van der Waals surface area contributed by atoms with Gasteiger partial charge in [0.25, 0.3) is 0 Å². The molecule has 4 saturated heterocycles. The first kappa shape index (κ1) is 29.7. The molecule has 4 aliphatic rings. The van der Waals surface area contributed by atoms with Crippen molar-refractivity contribution >= 4 is 27.5 Å². The van der Waals surface area contributed by atoms with Gasteiger partial charge < -0.3 is 20.1 Å². The van der Waals surface area contributed by atoms with E-state index in [1.807, 2.05) is 4.90 Å². The SMILES string of the molecule is CCc1c(F)ccc2cc(O)cc(-c3c(F)cc4c(N5CCC6CCC(C5)N6)nc(OC[C@@]56CCCN5C[C@H](F)C6)nc4c3F)c12. The van der Waals surface area contributed by atoms with Crippen LogP contribution in [0.3, 0.4) is 0 Å². The topological polar surface area (TPSA) is 73.8 Å². The number of ether oxygens (including phenoxy) is 1. The van der Waals surface area contributed by atoms with Crippen LogP contribution in [0.25, 0.3) is 32.8 Å². The standard InChI is InChI=1S/C35H37F4N5O2/c1-2-24-27(37)7-4-19-12-23(45)13-25(29(19)24)30-28(38)14-26-32(31(30)39)41-34(46-18-35-9-3-10-44(35)16-20(36)15-35)42-33(26)43-11-8-21-5-6-22(17-43)40-21/h4,7,12-14,20-22,40,45H,2-3,5-6,8-11,15-18H2,1H3/t20-,21?,22?,35+/m1/s1. The highest BCUT2D eigenvalue weighted by Gasteiger charge is 2.49. The zero-order chi connectivity index (χ0) is 31.7. The Hall–Kier alpha value is -3.70. The Bertz CT molecular complexity index is 1860. The predicted molar refractivity (Wildman–Crippen MR) is 169 cm³/mol. The Labute approximate surface area is 264 Å². The number of fused-ring (bicyclic) bond motifs is 5. The van der Waals surface area contributed by atoms with Gasteiger partial charge in [0.15, 0.2) is 5.82 Å². The van der Waals surface area contributed by atoms with Crippen molar-refractivity contribution in [2.45, 2.75) is 75.7 Å². The second kappa shape index (κ2) is 11.2. The summed E-state index contributed by atoms with van der Waals surface area (Å²) in [4.78, 5) is 13.5. The number of nitrogens with one attached hydrogen (secondary N) is 1. The number of hydrogen-bond donors (Lipinski definition) is 2. The molecule has 0 saturated carbocycles. The third-order valence-electron chi connectivity index (χ3n) is 10.7. The van der Waals surface area contributed by atoms with Crippen molar-refractivity contribution in [1.82, 2.24) is 20.2 Å². The summed E-state index contributed by atoms with van der Waals surface area (Å²) in [6.45, 7) is 4.36. The molecule has 4 fully saturated rings. The Morgan fingerprint density at radius 2 is 1.87 bits per heavy atom. The average Bonchev–Trinajstić information content (AvgIpc) is 3.66. The maximum Gasteiger partial charge on any atom is 0.319 e. The summed E-state index contributed by atoms with van der Waals surface area (Å²) in [6, 6.07) is 7.32. The Morgan fingerprint density at radius 1 is 1.02 bits per heavy atom. The van der Waals surface area contributed by atoms with Crippen LogP contribution in [-0.2, 0) is 6.42 Å². The maximum atomic E-state index is 16.9. The van der Waals surface area contributed by atoms with E-state index in [-0.39, 0.29) is 47.3 Å². The molecule has 46 heavy (non-hydrogen) atoms. The zero-order valence-electron chi connectivity index (χ0n) is 25.8. The molecule has 2 bridgehead atoms. The van der Waals surface area contributed by atoms with Gasteiger partial charge in [0.05, 0.1) is 11.1 Å². The fourth-order valence-corrected chi connectivity index (χ4v) is 8.54. The number of phenolic OH excluding ortho intramolecular Hbond substituents is 1. The van der Waals surface area contributed by atoms with E-state index in [2.05, 4.69) is 15.2 Å². The largest absolute Gasteiger partial charge is 0.508 e. The van der Waals surface area contributed by atoms with Gasteiger partial charge in [-0.05, 0) is 91.2 Å². The first-order chi connectivity index (χ1) is 22.2. The molecule has 0 spiro atoms. The lowest BCUT2D eigenvalue weighted by Crippen LogP contribution is -2.43. The molecule has 242 valence electrons. The van der Waals surface area contributed by atoms with Crippen LogP contribution in [0.5, 0.6) is 11.8 Å². The maximum absolute atomic E-state index is 16.9. The lowest BCUT2D eigenvalue weighted by atomic mass is 9.91. The van der Waals surface area contributed by atoms with Crippen LogP contribution < -0.4 is 15.0 Å². The van der Waals surface area contributed by atoms with Crippen LogP contribution >= 0.6 is 0 Å². The summed E-state index contributed by atoms with van der Waals surface area (Å²) >= 11 is 0. The molecule has 7 nitrogen and oxygen atoms in total. The number of alkyl halides is 1. The predicted octanol–water partition coefficient (Wildman–Crippen LogP) is 6.42. The molecule has 11 heteroatoms. The molecule has 4 aliphatic heterocycles. The normalized spacial score (nSPS) is 26.3. The number of halogens is 4. The van der Waals surface area contributed by atoms with Crippen LogP contribution in [0.1, 0.15) is 51.0 Å². The molecule has 2 unspecified atom stereocenters. The van der Waals surface area contributed by atoms with Crippen LogP contribution in [-0.4, -0.2) is 76.6 Å². The summed E-state index contributed by atoms with van der Waals surface area (Å²) < 4.78 is 68.9. The lowest BCUT2D eigenvalue weighted by molar-refractivity contribution is 0.107. The molecule has 3 aromatic carbocycles. The van der Waals surface area contributed by atoms with Crippen LogP contribution in [0.4, 0.5) is 23.4 Å². The zero-order valence-corrected chi connectivity index (χ0v) is 25.8. The third kappa shape index (κ3) is 4.85. The molecule has 0 amide bonds. The smallest absolute Gasteiger partial charge is 0.319 e. The number of rotatable bonds is 6. The van der Waals surface area contributed by atoms with Gasteiger partial charge in [0.1, 0.15) is 41.5 Å². The van der Waals surface area contributed by atoms with E-state index in [4.69, 9.17) is 9.72 Å². The number of benzene rings is 3. The van der Waals surface area contributed by atoms with E-state index < -0.39 is 34.7 Å². The van der Waals surface area contributed by atoms with E-state index in [0.29, 0.717) is 54.3 Å². The molecular formula is C35H37F4N5O2. The van der Waals surface area contributed by atoms with E-state index in [1.165, 1.54) is 30.3 Å². The molecule has 4 aromatic rings. The summed E-state index contributed by atoms with van der Waals surface area (Å²) in [6.07, 6.45) is 4.40. The number of phenols is 1. The highest BCUT2D eigenvalue weighted by molar-refractivity contribution is 6.03. The number of nitrogens with zero attached hydrogens (tertiary/aromatic N) is 4.